The van der Waals surface area contributed by atoms with Crippen LogP contribution in [0.25, 0.3) is 0 Å². The van der Waals surface area contributed by atoms with E-state index in [4.69, 9.17) is 0 Å². The van der Waals surface area contributed by atoms with Crippen molar-refractivity contribution < 1.29 is 22.7 Å². The molecule has 2 aromatic carbocycles. The fourth-order valence-electron chi connectivity index (χ4n) is 1.68. The number of carbonyl (C=O) groups is 1. The van der Waals surface area contributed by atoms with E-state index in [2.05, 4.69) is 4.72 Å². The molecule has 0 atom stereocenters. The second-order valence-corrected chi connectivity index (χ2v) is 6.06. The van der Waals surface area contributed by atoms with Crippen molar-refractivity contribution >= 4 is 21.7 Å². The number of halogens is 1. The largest absolute Gasteiger partial charge is 0.545 e. The number of nitrogens with one attached hydrogen (secondary N) is 1. The van der Waals surface area contributed by atoms with E-state index in [0.29, 0.717) is 5.56 Å². The Hall–Kier alpha value is -2.41. The van der Waals surface area contributed by atoms with Gasteiger partial charge in [-0.1, -0.05) is 12.1 Å². The van der Waals surface area contributed by atoms with E-state index in [1.165, 1.54) is 18.2 Å². The van der Waals surface area contributed by atoms with Crippen LogP contribution in [0, 0.1) is 12.7 Å². The van der Waals surface area contributed by atoms with Crippen LogP contribution in [0.1, 0.15) is 15.9 Å². The van der Waals surface area contributed by atoms with Gasteiger partial charge in [0.15, 0.2) is 0 Å². The average molecular weight is 308 g/mol. The van der Waals surface area contributed by atoms with E-state index in [1.54, 1.807) is 6.92 Å². The van der Waals surface area contributed by atoms with E-state index in [1.807, 2.05) is 0 Å². The topological polar surface area (TPSA) is 86.3 Å². The van der Waals surface area contributed by atoms with Crippen LogP contribution in [0.3, 0.4) is 0 Å². The molecule has 5 nitrogen and oxygen atoms in total. The predicted octanol–water partition coefficient (Wildman–Crippen LogP) is 1.30. The Morgan fingerprint density at radius 1 is 1.14 bits per heavy atom. The summed E-state index contributed by atoms with van der Waals surface area (Å²) in [5, 5.41) is 10.8. The Bertz CT molecular complexity index is 785. The molecule has 1 N–H and O–H groups in total. The minimum atomic E-state index is -3.93. The number of anilines is 1. The second-order valence-electron chi connectivity index (χ2n) is 4.38. The number of carboxylic acids is 1. The Labute approximate surface area is 121 Å². The van der Waals surface area contributed by atoms with Crippen molar-refractivity contribution in [2.75, 3.05) is 4.72 Å². The lowest BCUT2D eigenvalue weighted by Gasteiger charge is -2.12. The van der Waals surface area contributed by atoms with E-state index in [-0.39, 0.29) is 16.1 Å². The summed E-state index contributed by atoms with van der Waals surface area (Å²) in [7, 11) is -3.93. The molecule has 110 valence electrons. The monoisotopic (exact) mass is 308 g/mol. The highest BCUT2D eigenvalue weighted by atomic mass is 32.2. The molecular weight excluding hydrogens is 297 g/mol. The second kappa shape index (κ2) is 5.53. The van der Waals surface area contributed by atoms with Gasteiger partial charge < -0.3 is 9.90 Å². The Kier molecular flexibility index (Phi) is 3.95. The molecule has 0 heterocycles. The van der Waals surface area contributed by atoms with Gasteiger partial charge in [0.25, 0.3) is 10.0 Å². The molecule has 2 rings (SSSR count). The van der Waals surface area contributed by atoms with Gasteiger partial charge in [-0.05, 0) is 48.4 Å². The zero-order chi connectivity index (χ0) is 15.6. The SMILES string of the molecule is Cc1ccc(C(=O)[O-])cc1NS(=O)(=O)c1ccc(F)cc1. The summed E-state index contributed by atoms with van der Waals surface area (Å²) in [6, 6.07) is 8.25. The average Bonchev–Trinajstić information content (AvgIpc) is 2.41. The van der Waals surface area contributed by atoms with Gasteiger partial charge in [0.05, 0.1) is 16.6 Å². The van der Waals surface area contributed by atoms with Crippen LogP contribution in [0.4, 0.5) is 10.1 Å². The Balaban J connectivity index is 2.38. The highest BCUT2D eigenvalue weighted by Gasteiger charge is 2.15. The van der Waals surface area contributed by atoms with Crippen molar-refractivity contribution in [2.24, 2.45) is 0 Å². The standard InChI is InChI=1S/C14H12FNO4S/c1-9-2-3-10(14(17)18)8-13(9)16-21(19,20)12-6-4-11(15)5-7-12/h2-8,16H,1H3,(H,17,18)/p-1. The third-order valence-corrected chi connectivity index (χ3v) is 4.22. The minimum absolute atomic E-state index is 0.123. The fraction of sp³-hybridized carbons (Fsp3) is 0.0714. The van der Waals surface area contributed by atoms with Crippen LogP contribution < -0.4 is 9.83 Å². The van der Waals surface area contributed by atoms with Crippen molar-refractivity contribution in [3.05, 3.63) is 59.4 Å². The summed E-state index contributed by atoms with van der Waals surface area (Å²) in [5.74, 6) is -1.96. The number of aryl methyl sites for hydroxylation is 1. The smallest absolute Gasteiger partial charge is 0.261 e. The summed E-state index contributed by atoms with van der Waals surface area (Å²) in [4.78, 5) is 10.7. The Morgan fingerprint density at radius 3 is 2.33 bits per heavy atom. The first-order chi connectivity index (χ1) is 9.79. The summed E-state index contributed by atoms with van der Waals surface area (Å²) >= 11 is 0. The first kappa shape index (κ1) is 15.0. The van der Waals surface area contributed by atoms with Gasteiger partial charge in [0, 0.05) is 0 Å². The number of carboxylic acid groups (broad SMARTS) is 1. The molecule has 0 unspecified atom stereocenters. The lowest BCUT2D eigenvalue weighted by Crippen LogP contribution is -2.22. The zero-order valence-corrected chi connectivity index (χ0v) is 11.8. The van der Waals surface area contributed by atoms with Crippen LogP contribution in [-0.2, 0) is 10.0 Å². The van der Waals surface area contributed by atoms with Crippen LogP contribution in [-0.4, -0.2) is 14.4 Å². The quantitative estimate of drug-likeness (QED) is 0.922. The number of benzene rings is 2. The van der Waals surface area contributed by atoms with E-state index >= 15 is 0 Å². The van der Waals surface area contributed by atoms with Gasteiger partial charge in [0.2, 0.25) is 0 Å². The third kappa shape index (κ3) is 3.38. The Morgan fingerprint density at radius 2 is 1.76 bits per heavy atom. The first-order valence-corrected chi connectivity index (χ1v) is 7.38. The van der Waals surface area contributed by atoms with Crippen molar-refractivity contribution in [3.8, 4) is 0 Å². The molecule has 0 saturated heterocycles. The van der Waals surface area contributed by atoms with E-state index in [0.717, 1.165) is 24.3 Å². The lowest BCUT2D eigenvalue weighted by molar-refractivity contribution is -0.255. The predicted molar refractivity (Wildman–Crippen MR) is 72.7 cm³/mol. The number of hydrogen-bond acceptors (Lipinski definition) is 4. The van der Waals surface area contributed by atoms with Gasteiger partial charge in [-0.2, -0.15) is 0 Å². The van der Waals surface area contributed by atoms with Crippen molar-refractivity contribution in [1.29, 1.82) is 0 Å². The molecule has 0 amide bonds. The van der Waals surface area contributed by atoms with Gasteiger partial charge in [-0.15, -0.1) is 0 Å². The molecule has 0 saturated carbocycles. The summed E-state index contributed by atoms with van der Waals surface area (Å²) in [5.41, 5.74) is 0.532. The fourth-order valence-corrected chi connectivity index (χ4v) is 2.80. The number of hydrogen-bond donors (Lipinski definition) is 1. The van der Waals surface area contributed by atoms with E-state index < -0.39 is 21.8 Å². The zero-order valence-electron chi connectivity index (χ0n) is 11.0. The molecule has 0 radical (unpaired) electrons. The molecule has 0 aliphatic rings. The molecule has 0 aliphatic heterocycles. The van der Waals surface area contributed by atoms with E-state index in [9.17, 15) is 22.7 Å². The summed E-state index contributed by atoms with van der Waals surface area (Å²) < 4.78 is 39.4. The first-order valence-electron chi connectivity index (χ1n) is 5.90. The summed E-state index contributed by atoms with van der Waals surface area (Å²) in [6.45, 7) is 1.63. The van der Waals surface area contributed by atoms with Crippen molar-refractivity contribution in [1.82, 2.24) is 0 Å². The molecule has 0 bridgehead atoms. The number of carbonyl (C=O) groups excluding carboxylic acids is 1. The number of sulfonamides is 1. The molecule has 2 aromatic rings. The normalized spacial score (nSPS) is 11.1. The molecule has 0 aliphatic carbocycles. The van der Waals surface area contributed by atoms with Crippen LogP contribution in [0.15, 0.2) is 47.4 Å². The molecular formula is C14H11FNO4S-. The van der Waals surface area contributed by atoms with Gasteiger partial charge in [-0.25, -0.2) is 12.8 Å². The van der Waals surface area contributed by atoms with Crippen molar-refractivity contribution in [2.45, 2.75) is 11.8 Å². The molecule has 0 fully saturated rings. The van der Waals surface area contributed by atoms with Gasteiger partial charge >= 0.3 is 0 Å². The molecule has 7 heteroatoms. The maximum absolute atomic E-state index is 12.8. The van der Waals surface area contributed by atoms with Gasteiger partial charge in [0.1, 0.15) is 5.82 Å². The van der Waals surface area contributed by atoms with Gasteiger partial charge in [-0.3, -0.25) is 4.72 Å². The maximum Gasteiger partial charge on any atom is 0.261 e. The number of aromatic carboxylic acids is 1. The lowest BCUT2D eigenvalue weighted by atomic mass is 10.1. The van der Waals surface area contributed by atoms with Crippen LogP contribution in [0.5, 0.6) is 0 Å². The molecule has 0 spiro atoms. The maximum atomic E-state index is 12.8. The highest BCUT2D eigenvalue weighted by Crippen LogP contribution is 2.21. The van der Waals surface area contributed by atoms with Crippen LogP contribution in [0.2, 0.25) is 0 Å². The van der Waals surface area contributed by atoms with Crippen molar-refractivity contribution in [3.63, 3.8) is 0 Å². The van der Waals surface area contributed by atoms with Crippen LogP contribution >= 0.6 is 0 Å². The summed E-state index contributed by atoms with van der Waals surface area (Å²) in [6.07, 6.45) is 0. The highest BCUT2D eigenvalue weighted by molar-refractivity contribution is 7.92. The molecule has 0 aromatic heterocycles. The number of rotatable bonds is 4. The molecule has 21 heavy (non-hydrogen) atoms. The third-order valence-electron chi connectivity index (χ3n) is 2.84. The minimum Gasteiger partial charge on any atom is -0.545 e.